The molecular weight excluding hydrogens is 240 g/mol. The predicted octanol–water partition coefficient (Wildman–Crippen LogP) is 2.98. The Morgan fingerprint density at radius 1 is 1.28 bits per heavy atom. The molecule has 3 rings (SSSR count). The van der Waals surface area contributed by atoms with Gasteiger partial charge in [-0.3, -0.25) is 4.99 Å². The van der Waals surface area contributed by atoms with E-state index in [0.29, 0.717) is 17.2 Å². The second kappa shape index (κ2) is 5.06. The summed E-state index contributed by atoms with van der Waals surface area (Å²) in [6.07, 6.45) is 3.71. The van der Waals surface area contributed by atoms with Gasteiger partial charge in [0.1, 0.15) is 0 Å². The first-order valence-corrected chi connectivity index (χ1v) is 7.66. The van der Waals surface area contributed by atoms with E-state index < -0.39 is 0 Å². The van der Waals surface area contributed by atoms with Crippen LogP contribution in [-0.2, 0) is 0 Å². The lowest BCUT2D eigenvalue weighted by Crippen LogP contribution is -2.31. The minimum Gasteiger partial charge on any atom is -0.330 e. The zero-order chi connectivity index (χ0) is 12.5. The van der Waals surface area contributed by atoms with Crippen LogP contribution in [0, 0.1) is 12.8 Å². The van der Waals surface area contributed by atoms with Gasteiger partial charge in [-0.1, -0.05) is 29.8 Å². The number of fused-ring (bicyclic) bond motifs is 1. The van der Waals surface area contributed by atoms with Crippen LogP contribution in [0.4, 0.5) is 0 Å². The van der Waals surface area contributed by atoms with Crippen LogP contribution in [0.5, 0.6) is 0 Å². The zero-order valence-electron chi connectivity index (χ0n) is 10.8. The topological polar surface area (TPSA) is 38.4 Å². The van der Waals surface area contributed by atoms with E-state index in [0.717, 1.165) is 6.54 Å². The molecule has 1 aromatic rings. The molecule has 1 aliphatic carbocycles. The summed E-state index contributed by atoms with van der Waals surface area (Å²) in [7, 11) is 0. The first-order valence-electron chi connectivity index (χ1n) is 6.78. The van der Waals surface area contributed by atoms with Crippen molar-refractivity contribution in [3.05, 3.63) is 35.4 Å². The predicted molar refractivity (Wildman–Crippen MR) is 79.3 cm³/mol. The Balaban J connectivity index is 1.75. The van der Waals surface area contributed by atoms with Crippen molar-refractivity contribution in [1.29, 1.82) is 0 Å². The minimum atomic E-state index is 0.536. The van der Waals surface area contributed by atoms with Crippen LogP contribution in [0.25, 0.3) is 0 Å². The van der Waals surface area contributed by atoms with Crippen LogP contribution < -0.4 is 5.73 Å². The van der Waals surface area contributed by atoms with Crippen molar-refractivity contribution < 1.29 is 0 Å². The molecule has 0 radical (unpaired) electrons. The first kappa shape index (κ1) is 12.2. The van der Waals surface area contributed by atoms with Crippen molar-refractivity contribution in [2.24, 2.45) is 16.6 Å². The SMILES string of the molecule is Cc1ccc(C2=NC3CCC(CN)CC3S2)cc1. The fourth-order valence-electron chi connectivity index (χ4n) is 2.85. The Morgan fingerprint density at radius 3 is 2.78 bits per heavy atom. The molecule has 1 heterocycles. The van der Waals surface area contributed by atoms with Crippen LogP contribution in [0.3, 0.4) is 0 Å². The number of hydrogen-bond acceptors (Lipinski definition) is 3. The van der Waals surface area contributed by atoms with E-state index in [-0.39, 0.29) is 0 Å². The van der Waals surface area contributed by atoms with E-state index in [9.17, 15) is 0 Å². The van der Waals surface area contributed by atoms with Gasteiger partial charge in [-0.2, -0.15) is 0 Å². The van der Waals surface area contributed by atoms with Gasteiger partial charge in [-0.05, 0) is 38.6 Å². The number of rotatable bonds is 2. The van der Waals surface area contributed by atoms with Gasteiger partial charge in [-0.15, -0.1) is 11.8 Å². The van der Waals surface area contributed by atoms with Crippen molar-refractivity contribution in [1.82, 2.24) is 0 Å². The molecule has 0 amide bonds. The lowest BCUT2D eigenvalue weighted by molar-refractivity contribution is 0.347. The molecule has 3 atom stereocenters. The summed E-state index contributed by atoms with van der Waals surface area (Å²) < 4.78 is 0. The fraction of sp³-hybridized carbons (Fsp3) is 0.533. The third kappa shape index (κ3) is 2.34. The number of nitrogens with two attached hydrogens (primary N) is 1. The van der Waals surface area contributed by atoms with Gasteiger partial charge < -0.3 is 5.73 Å². The summed E-state index contributed by atoms with van der Waals surface area (Å²) in [4.78, 5) is 4.92. The molecule has 3 heteroatoms. The molecule has 0 aromatic heterocycles. The van der Waals surface area contributed by atoms with Crippen molar-refractivity contribution in [3.63, 3.8) is 0 Å². The van der Waals surface area contributed by atoms with Crippen molar-refractivity contribution in [2.75, 3.05) is 6.54 Å². The van der Waals surface area contributed by atoms with E-state index >= 15 is 0 Å². The van der Waals surface area contributed by atoms with E-state index in [1.807, 2.05) is 11.8 Å². The van der Waals surface area contributed by atoms with Gasteiger partial charge >= 0.3 is 0 Å². The zero-order valence-corrected chi connectivity index (χ0v) is 11.6. The molecule has 2 N–H and O–H groups in total. The van der Waals surface area contributed by atoms with E-state index in [1.54, 1.807) is 0 Å². The summed E-state index contributed by atoms with van der Waals surface area (Å²) in [6.45, 7) is 2.96. The highest BCUT2D eigenvalue weighted by molar-refractivity contribution is 8.15. The van der Waals surface area contributed by atoms with Crippen LogP contribution in [0.2, 0.25) is 0 Å². The first-order chi connectivity index (χ1) is 8.76. The highest BCUT2D eigenvalue weighted by Crippen LogP contribution is 2.40. The molecule has 1 aliphatic heterocycles. The van der Waals surface area contributed by atoms with Crippen molar-refractivity contribution >= 4 is 16.8 Å². The number of aryl methyl sites for hydroxylation is 1. The van der Waals surface area contributed by atoms with Crippen LogP contribution in [0.1, 0.15) is 30.4 Å². The molecule has 1 aromatic carbocycles. The second-order valence-corrected chi connectivity index (χ2v) is 6.67. The van der Waals surface area contributed by atoms with Crippen LogP contribution in [0.15, 0.2) is 29.3 Å². The maximum atomic E-state index is 5.80. The van der Waals surface area contributed by atoms with Gasteiger partial charge in [0.05, 0.1) is 11.1 Å². The maximum absolute atomic E-state index is 5.80. The Hall–Kier alpha value is -0.800. The molecule has 3 unspecified atom stereocenters. The molecule has 0 bridgehead atoms. The Labute approximate surface area is 113 Å². The van der Waals surface area contributed by atoms with Gasteiger partial charge in [0.25, 0.3) is 0 Å². The van der Waals surface area contributed by atoms with Crippen molar-refractivity contribution in [2.45, 2.75) is 37.5 Å². The molecule has 2 aliphatic rings. The molecule has 1 fully saturated rings. The summed E-state index contributed by atoms with van der Waals surface area (Å²) >= 11 is 1.97. The number of nitrogens with zero attached hydrogens (tertiary/aromatic N) is 1. The summed E-state index contributed by atoms with van der Waals surface area (Å²) in [5.41, 5.74) is 8.39. The van der Waals surface area contributed by atoms with Crippen molar-refractivity contribution in [3.8, 4) is 0 Å². The largest absolute Gasteiger partial charge is 0.330 e. The summed E-state index contributed by atoms with van der Waals surface area (Å²) in [6, 6.07) is 9.26. The average molecular weight is 260 g/mol. The molecule has 1 saturated carbocycles. The van der Waals surface area contributed by atoms with E-state index in [1.165, 1.54) is 35.4 Å². The molecule has 18 heavy (non-hydrogen) atoms. The lowest BCUT2D eigenvalue weighted by atomic mass is 9.86. The number of aliphatic imine (C=N–C) groups is 1. The maximum Gasteiger partial charge on any atom is 0.0984 e. The van der Waals surface area contributed by atoms with Crippen LogP contribution in [-0.4, -0.2) is 22.9 Å². The monoisotopic (exact) mass is 260 g/mol. The summed E-state index contributed by atoms with van der Waals surface area (Å²) in [5, 5.41) is 1.91. The van der Waals surface area contributed by atoms with Crippen LogP contribution >= 0.6 is 11.8 Å². The molecule has 0 spiro atoms. The highest BCUT2D eigenvalue weighted by Gasteiger charge is 2.35. The standard InChI is InChI=1S/C15H20N2S/c1-10-2-5-12(6-3-10)15-17-13-7-4-11(9-16)8-14(13)18-15/h2-3,5-6,11,13-14H,4,7-9,16H2,1H3. The lowest BCUT2D eigenvalue weighted by Gasteiger charge is -2.28. The molecule has 96 valence electrons. The fourth-order valence-corrected chi connectivity index (χ4v) is 4.32. The smallest absolute Gasteiger partial charge is 0.0984 e. The van der Waals surface area contributed by atoms with Gasteiger partial charge in [0.15, 0.2) is 0 Å². The average Bonchev–Trinajstić information content (AvgIpc) is 2.82. The van der Waals surface area contributed by atoms with E-state index in [4.69, 9.17) is 10.7 Å². The Morgan fingerprint density at radius 2 is 2.06 bits per heavy atom. The Kier molecular flexibility index (Phi) is 3.44. The van der Waals surface area contributed by atoms with E-state index in [2.05, 4.69) is 31.2 Å². The molecular formula is C15H20N2S. The quantitative estimate of drug-likeness (QED) is 0.887. The minimum absolute atomic E-state index is 0.536. The third-order valence-electron chi connectivity index (χ3n) is 4.04. The number of thioether (sulfide) groups is 1. The second-order valence-electron chi connectivity index (χ2n) is 5.44. The number of hydrogen-bond donors (Lipinski definition) is 1. The highest BCUT2D eigenvalue weighted by atomic mass is 32.2. The molecule has 2 nitrogen and oxygen atoms in total. The normalized spacial score (nSPS) is 31.0. The van der Waals surface area contributed by atoms with Gasteiger partial charge in [0, 0.05) is 10.8 Å². The number of benzene rings is 1. The Bertz CT molecular complexity index is 452. The third-order valence-corrected chi connectivity index (χ3v) is 5.42. The van der Waals surface area contributed by atoms with Gasteiger partial charge in [0.2, 0.25) is 0 Å². The summed E-state index contributed by atoms with van der Waals surface area (Å²) in [5.74, 6) is 0.714. The molecule has 0 saturated heterocycles. The van der Waals surface area contributed by atoms with Gasteiger partial charge in [-0.25, -0.2) is 0 Å².